The van der Waals surface area contributed by atoms with Gasteiger partial charge in [0.1, 0.15) is 10.9 Å². The maximum Gasteiger partial charge on any atom is 0.405 e. The lowest BCUT2D eigenvalue weighted by molar-refractivity contribution is -0.183. The van der Waals surface area contributed by atoms with Gasteiger partial charge in [-0.05, 0) is 12.8 Å². The summed E-state index contributed by atoms with van der Waals surface area (Å²) in [6.07, 6.45) is -1.26. The number of aryl methyl sites for hydroxylation is 1. The van der Waals surface area contributed by atoms with Crippen molar-refractivity contribution in [3.05, 3.63) is 16.1 Å². The molecule has 11 heteroatoms. The van der Waals surface area contributed by atoms with Crippen molar-refractivity contribution < 1.29 is 18.0 Å². The number of halogens is 5. The Bertz CT molecular complexity index is 524. The van der Waals surface area contributed by atoms with Crippen molar-refractivity contribution in [2.24, 2.45) is 0 Å². The van der Waals surface area contributed by atoms with Gasteiger partial charge in [0.25, 0.3) is 5.91 Å². The number of nitrogens with one attached hydrogen (secondary N) is 2. The van der Waals surface area contributed by atoms with Crippen molar-refractivity contribution in [3.63, 3.8) is 0 Å². The molecule has 1 unspecified atom stereocenters. The summed E-state index contributed by atoms with van der Waals surface area (Å²) in [6, 6.07) is -1.66. The number of nitrogens with zero attached hydrogens (tertiary/aromatic N) is 2. The van der Waals surface area contributed by atoms with Crippen LogP contribution in [-0.2, 0) is 6.42 Å². The van der Waals surface area contributed by atoms with Crippen LogP contribution in [0.4, 0.5) is 13.2 Å². The highest BCUT2D eigenvalue weighted by molar-refractivity contribution is 7.13. The fourth-order valence-electron chi connectivity index (χ4n) is 2.47. The molecule has 1 fully saturated rings. The minimum Gasteiger partial charge on any atom is -0.349 e. The summed E-state index contributed by atoms with van der Waals surface area (Å²) in [7, 11) is 0. The second kappa shape index (κ2) is 11.2. The molecule has 146 valence electrons. The Morgan fingerprint density at radius 3 is 2.60 bits per heavy atom. The molecule has 1 amide bonds. The van der Waals surface area contributed by atoms with Gasteiger partial charge in [-0.1, -0.05) is 6.92 Å². The molecule has 0 saturated carbocycles. The van der Waals surface area contributed by atoms with Crippen molar-refractivity contribution in [2.75, 3.05) is 32.7 Å². The van der Waals surface area contributed by atoms with Gasteiger partial charge >= 0.3 is 6.18 Å². The summed E-state index contributed by atoms with van der Waals surface area (Å²) in [5, 5.41) is 6.26. The van der Waals surface area contributed by atoms with Gasteiger partial charge in [0.15, 0.2) is 0 Å². The summed E-state index contributed by atoms with van der Waals surface area (Å²) < 4.78 is 39.7. The predicted molar refractivity (Wildman–Crippen MR) is 97.2 cm³/mol. The molecule has 25 heavy (non-hydrogen) atoms. The largest absolute Gasteiger partial charge is 0.405 e. The second-order valence-electron chi connectivity index (χ2n) is 5.42. The Kier molecular flexibility index (Phi) is 10.9. The number of amides is 1. The zero-order valence-corrected chi connectivity index (χ0v) is 16.2. The van der Waals surface area contributed by atoms with E-state index in [0.717, 1.165) is 17.8 Å². The molecular weight excluding hydrogens is 400 g/mol. The zero-order valence-electron chi connectivity index (χ0n) is 13.8. The van der Waals surface area contributed by atoms with Crippen LogP contribution in [0, 0.1) is 0 Å². The lowest BCUT2D eigenvalue weighted by Gasteiger charge is -2.35. The first-order chi connectivity index (χ1) is 10.9. The summed E-state index contributed by atoms with van der Waals surface area (Å²) >= 11 is 1.23. The van der Waals surface area contributed by atoms with Crippen LogP contribution in [0.2, 0.25) is 0 Å². The van der Waals surface area contributed by atoms with Gasteiger partial charge in [0.05, 0.1) is 11.2 Å². The van der Waals surface area contributed by atoms with E-state index in [-0.39, 0.29) is 24.8 Å². The van der Waals surface area contributed by atoms with Gasteiger partial charge in [-0.3, -0.25) is 9.69 Å². The Labute approximate surface area is 161 Å². The number of hydrogen-bond acceptors (Lipinski definition) is 5. The molecule has 1 atom stereocenters. The highest BCUT2D eigenvalue weighted by Crippen LogP contribution is 2.25. The molecule has 0 bridgehead atoms. The minimum absolute atomic E-state index is 0. The fraction of sp³-hybridized carbons (Fsp3) is 0.714. The van der Waals surface area contributed by atoms with Crippen molar-refractivity contribution in [1.29, 1.82) is 0 Å². The van der Waals surface area contributed by atoms with Crippen LogP contribution in [0.1, 0.15) is 28.0 Å². The van der Waals surface area contributed by atoms with Gasteiger partial charge < -0.3 is 10.6 Å². The van der Waals surface area contributed by atoms with Crippen LogP contribution in [0.25, 0.3) is 0 Å². The van der Waals surface area contributed by atoms with Gasteiger partial charge in [0.2, 0.25) is 0 Å². The molecule has 1 aliphatic heterocycles. The molecule has 0 aliphatic carbocycles. The molecule has 0 spiro atoms. The lowest BCUT2D eigenvalue weighted by atomic mass is 10.2. The van der Waals surface area contributed by atoms with E-state index in [0.29, 0.717) is 31.1 Å². The van der Waals surface area contributed by atoms with Gasteiger partial charge in [-0.15, -0.1) is 36.2 Å². The van der Waals surface area contributed by atoms with Crippen molar-refractivity contribution in [1.82, 2.24) is 20.5 Å². The normalized spacial score (nSPS) is 16.5. The van der Waals surface area contributed by atoms with Crippen LogP contribution in [0.3, 0.4) is 0 Å². The zero-order chi connectivity index (χ0) is 16.9. The number of aromatic nitrogens is 1. The highest BCUT2D eigenvalue weighted by Gasteiger charge is 2.43. The average Bonchev–Trinajstić information content (AvgIpc) is 2.96. The molecule has 0 aromatic carbocycles. The molecule has 2 rings (SSSR count). The number of carbonyl (C=O) groups is 1. The quantitative estimate of drug-likeness (QED) is 0.739. The molecule has 2 N–H and O–H groups in total. The van der Waals surface area contributed by atoms with E-state index in [1.165, 1.54) is 22.4 Å². The summed E-state index contributed by atoms with van der Waals surface area (Å²) in [5.74, 6) is -0.491. The first kappa shape index (κ1) is 24.4. The van der Waals surface area contributed by atoms with E-state index in [2.05, 4.69) is 15.6 Å². The Morgan fingerprint density at radius 1 is 1.40 bits per heavy atom. The van der Waals surface area contributed by atoms with E-state index in [1.807, 2.05) is 6.92 Å². The second-order valence-corrected chi connectivity index (χ2v) is 6.54. The van der Waals surface area contributed by atoms with E-state index in [9.17, 15) is 18.0 Å². The summed E-state index contributed by atoms with van der Waals surface area (Å²) in [4.78, 5) is 17.9. The molecule has 0 radical (unpaired) electrons. The lowest BCUT2D eigenvalue weighted by Crippen LogP contribution is -2.57. The monoisotopic (exact) mass is 422 g/mol. The van der Waals surface area contributed by atoms with E-state index < -0.39 is 24.7 Å². The average molecular weight is 423 g/mol. The Hall–Kier alpha value is -0.610. The molecule has 5 nitrogen and oxygen atoms in total. The number of carbonyl (C=O) groups excluding carboxylic acids is 1. The molecule has 1 aromatic heterocycles. The number of hydrogen-bond donors (Lipinski definition) is 2. The number of piperazine rings is 1. The SMILES string of the molecule is CCCc1ncc(C(=O)NCC(N2CCNCC2)C(F)(F)F)s1.Cl.Cl. The van der Waals surface area contributed by atoms with E-state index in [1.54, 1.807) is 0 Å². The number of thiazole rings is 1. The standard InChI is InChI=1S/C14H21F3N4OS.2ClH/c1-2-3-12-19-8-10(23-12)13(22)20-9-11(14(15,16)17)21-6-4-18-5-7-21;;/h8,11,18H,2-7,9H2,1H3,(H,20,22);2*1H. The summed E-state index contributed by atoms with van der Waals surface area (Å²) in [5.41, 5.74) is 0. The third-order valence-electron chi connectivity index (χ3n) is 3.67. The van der Waals surface area contributed by atoms with Crippen LogP contribution in [0.5, 0.6) is 0 Å². The topological polar surface area (TPSA) is 57.3 Å². The molecular formula is C14H23Cl2F3N4OS. The Morgan fingerprint density at radius 2 is 2.04 bits per heavy atom. The minimum atomic E-state index is -4.37. The van der Waals surface area contributed by atoms with Crippen LogP contribution in [-0.4, -0.2) is 60.7 Å². The van der Waals surface area contributed by atoms with Gasteiger partial charge in [0, 0.05) is 32.7 Å². The Balaban J connectivity index is 0.00000288. The van der Waals surface area contributed by atoms with E-state index >= 15 is 0 Å². The van der Waals surface area contributed by atoms with Crippen LogP contribution < -0.4 is 10.6 Å². The highest BCUT2D eigenvalue weighted by atomic mass is 35.5. The predicted octanol–water partition coefficient (Wildman–Crippen LogP) is 2.51. The van der Waals surface area contributed by atoms with Crippen LogP contribution in [0.15, 0.2) is 6.20 Å². The van der Waals surface area contributed by atoms with Gasteiger partial charge in [-0.25, -0.2) is 4.98 Å². The number of rotatable bonds is 6. The van der Waals surface area contributed by atoms with E-state index in [4.69, 9.17) is 0 Å². The van der Waals surface area contributed by atoms with Gasteiger partial charge in [-0.2, -0.15) is 13.2 Å². The first-order valence-corrected chi connectivity index (χ1v) is 8.48. The molecule has 2 heterocycles. The first-order valence-electron chi connectivity index (χ1n) is 7.66. The summed E-state index contributed by atoms with van der Waals surface area (Å²) in [6.45, 7) is 3.25. The fourth-order valence-corrected chi connectivity index (χ4v) is 3.40. The maximum absolute atomic E-state index is 13.2. The van der Waals surface area contributed by atoms with Crippen molar-refractivity contribution in [3.8, 4) is 0 Å². The maximum atomic E-state index is 13.2. The van der Waals surface area contributed by atoms with Crippen LogP contribution >= 0.6 is 36.2 Å². The van der Waals surface area contributed by atoms with Crippen molar-refractivity contribution in [2.45, 2.75) is 32.0 Å². The molecule has 1 aliphatic rings. The third-order valence-corrected chi connectivity index (χ3v) is 4.72. The molecule has 1 saturated heterocycles. The third kappa shape index (κ3) is 7.26. The smallest absolute Gasteiger partial charge is 0.349 e. The molecule has 1 aromatic rings. The number of alkyl halides is 3. The van der Waals surface area contributed by atoms with Crippen molar-refractivity contribution >= 4 is 42.1 Å².